The summed E-state index contributed by atoms with van der Waals surface area (Å²) in [7, 11) is -2.17. The number of sulfonamides is 1. The minimum atomic E-state index is -3.69. The molecule has 1 aliphatic heterocycles. The van der Waals surface area contributed by atoms with Gasteiger partial charge in [0.05, 0.1) is 17.2 Å². The van der Waals surface area contributed by atoms with Gasteiger partial charge in [-0.05, 0) is 52.0 Å². The van der Waals surface area contributed by atoms with Crippen LogP contribution in [0.2, 0.25) is 0 Å². The van der Waals surface area contributed by atoms with E-state index in [1.165, 1.54) is 23.5 Å². The molecule has 8 heteroatoms. The fourth-order valence-electron chi connectivity index (χ4n) is 3.25. The molecule has 2 aromatic carbocycles. The number of rotatable bonds is 7. The van der Waals surface area contributed by atoms with Crippen LogP contribution < -0.4 is 14.8 Å². The highest BCUT2D eigenvalue weighted by molar-refractivity contribution is 7.89. The third-order valence-electron chi connectivity index (χ3n) is 5.05. The topological polar surface area (TPSA) is 84.9 Å². The molecule has 0 aromatic heterocycles. The SMILES string of the molecule is CCOc1cc2c(cc1NC(=O)c1cccc(S(=O)(=O)N(C)C(C)C)c1)OC(C)C2. The fourth-order valence-corrected chi connectivity index (χ4v) is 4.66. The fraction of sp³-hybridized carbons (Fsp3) is 0.409. The summed E-state index contributed by atoms with van der Waals surface area (Å²) in [5, 5.41) is 2.83. The largest absolute Gasteiger partial charge is 0.492 e. The maximum atomic E-state index is 12.9. The molecule has 0 spiro atoms. The zero-order valence-electron chi connectivity index (χ0n) is 17.9. The van der Waals surface area contributed by atoms with Crippen LogP contribution in [0, 0.1) is 0 Å². The Morgan fingerprint density at radius 2 is 2.03 bits per heavy atom. The standard InChI is InChI=1S/C22H28N2O5S/c1-6-28-21-12-17-10-15(4)29-20(17)13-19(21)23-22(25)16-8-7-9-18(11-16)30(26,27)24(5)14(2)3/h7-9,11-15H,6,10H2,1-5H3,(H,23,25). The molecule has 0 aliphatic carbocycles. The normalized spacial score (nSPS) is 15.8. The van der Waals surface area contributed by atoms with Crippen molar-refractivity contribution >= 4 is 21.6 Å². The molecule has 1 unspecified atom stereocenters. The van der Waals surface area contributed by atoms with E-state index in [2.05, 4.69) is 5.32 Å². The first-order valence-electron chi connectivity index (χ1n) is 9.99. The summed E-state index contributed by atoms with van der Waals surface area (Å²) in [5.41, 5.74) is 1.77. The molecular weight excluding hydrogens is 404 g/mol. The van der Waals surface area contributed by atoms with Crippen LogP contribution in [-0.4, -0.2) is 44.4 Å². The molecule has 3 rings (SSSR count). The molecule has 30 heavy (non-hydrogen) atoms. The van der Waals surface area contributed by atoms with Gasteiger partial charge in [0.1, 0.15) is 17.6 Å². The van der Waals surface area contributed by atoms with E-state index in [0.717, 1.165) is 17.7 Å². The number of nitrogens with one attached hydrogen (secondary N) is 1. The number of carbonyl (C=O) groups excluding carboxylic acids is 1. The van der Waals surface area contributed by atoms with Gasteiger partial charge in [-0.1, -0.05) is 6.07 Å². The van der Waals surface area contributed by atoms with E-state index in [0.29, 0.717) is 18.0 Å². The van der Waals surface area contributed by atoms with Crippen LogP contribution >= 0.6 is 0 Å². The van der Waals surface area contributed by atoms with E-state index in [4.69, 9.17) is 9.47 Å². The first-order chi connectivity index (χ1) is 14.1. The third kappa shape index (κ3) is 4.44. The molecule has 7 nitrogen and oxygen atoms in total. The zero-order valence-corrected chi connectivity index (χ0v) is 18.7. The molecule has 2 aromatic rings. The third-order valence-corrected chi connectivity index (χ3v) is 7.08. The van der Waals surface area contributed by atoms with Crippen LogP contribution in [0.3, 0.4) is 0 Å². The van der Waals surface area contributed by atoms with Gasteiger partial charge in [-0.3, -0.25) is 4.79 Å². The number of nitrogens with zero attached hydrogens (tertiary/aromatic N) is 1. The predicted molar refractivity (Wildman–Crippen MR) is 116 cm³/mol. The number of anilines is 1. The van der Waals surface area contributed by atoms with Crippen molar-refractivity contribution in [1.29, 1.82) is 0 Å². The Morgan fingerprint density at radius 1 is 1.30 bits per heavy atom. The van der Waals surface area contributed by atoms with E-state index < -0.39 is 15.9 Å². The van der Waals surface area contributed by atoms with E-state index in [-0.39, 0.29) is 22.6 Å². The van der Waals surface area contributed by atoms with Crippen molar-refractivity contribution in [2.24, 2.45) is 0 Å². The Labute approximate surface area is 178 Å². The minimum Gasteiger partial charge on any atom is -0.492 e. The number of hydrogen-bond acceptors (Lipinski definition) is 5. The van der Waals surface area contributed by atoms with Crippen molar-refractivity contribution in [2.45, 2.75) is 51.2 Å². The second-order valence-electron chi connectivity index (χ2n) is 7.62. The van der Waals surface area contributed by atoms with Gasteiger partial charge >= 0.3 is 0 Å². The van der Waals surface area contributed by atoms with Crippen molar-refractivity contribution in [3.8, 4) is 11.5 Å². The van der Waals surface area contributed by atoms with Gasteiger partial charge in [-0.25, -0.2) is 8.42 Å². The number of hydrogen-bond donors (Lipinski definition) is 1. The van der Waals surface area contributed by atoms with Crippen molar-refractivity contribution in [2.75, 3.05) is 19.0 Å². The van der Waals surface area contributed by atoms with Gasteiger partial charge in [-0.15, -0.1) is 0 Å². The average Bonchev–Trinajstić information content (AvgIpc) is 3.06. The monoisotopic (exact) mass is 432 g/mol. The van der Waals surface area contributed by atoms with E-state index >= 15 is 0 Å². The van der Waals surface area contributed by atoms with E-state index in [9.17, 15) is 13.2 Å². The lowest BCUT2D eigenvalue weighted by Gasteiger charge is -2.21. The highest BCUT2D eigenvalue weighted by Crippen LogP contribution is 2.38. The molecule has 0 fully saturated rings. The molecule has 0 bridgehead atoms. The lowest BCUT2D eigenvalue weighted by molar-refractivity contribution is 0.102. The highest BCUT2D eigenvalue weighted by atomic mass is 32.2. The van der Waals surface area contributed by atoms with E-state index in [1.807, 2.05) is 19.9 Å². The molecule has 1 amide bonds. The summed E-state index contributed by atoms with van der Waals surface area (Å²) in [5.74, 6) is 0.855. The van der Waals surface area contributed by atoms with Crippen LogP contribution in [0.4, 0.5) is 5.69 Å². The Hall–Kier alpha value is -2.58. The number of ether oxygens (including phenoxy) is 2. The first-order valence-corrected chi connectivity index (χ1v) is 11.4. The molecule has 0 saturated carbocycles. The Balaban J connectivity index is 1.90. The molecule has 1 N–H and O–H groups in total. The molecule has 162 valence electrons. The van der Waals surface area contributed by atoms with Crippen molar-refractivity contribution < 1.29 is 22.7 Å². The summed E-state index contributed by atoms with van der Waals surface area (Å²) >= 11 is 0. The Bertz CT molecular complexity index is 1050. The number of carbonyl (C=O) groups is 1. The van der Waals surface area contributed by atoms with Crippen LogP contribution in [0.1, 0.15) is 43.6 Å². The van der Waals surface area contributed by atoms with Gasteiger partial charge < -0.3 is 14.8 Å². The van der Waals surface area contributed by atoms with Gasteiger partial charge in [0.15, 0.2) is 0 Å². The number of amides is 1. The maximum Gasteiger partial charge on any atom is 0.255 e. The Kier molecular flexibility index (Phi) is 6.38. The molecule has 0 saturated heterocycles. The minimum absolute atomic E-state index is 0.0697. The quantitative estimate of drug-likeness (QED) is 0.721. The van der Waals surface area contributed by atoms with Gasteiger partial charge in [0.2, 0.25) is 10.0 Å². The summed E-state index contributed by atoms with van der Waals surface area (Å²) in [6, 6.07) is 9.46. The average molecular weight is 433 g/mol. The molecule has 1 atom stereocenters. The zero-order chi connectivity index (χ0) is 22.1. The van der Waals surface area contributed by atoms with Crippen molar-refractivity contribution in [3.63, 3.8) is 0 Å². The smallest absolute Gasteiger partial charge is 0.255 e. The van der Waals surface area contributed by atoms with Crippen molar-refractivity contribution in [1.82, 2.24) is 4.31 Å². The van der Waals surface area contributed by atoms with Crippen LogP contribution in [0.5, 0.6) is 11.5 Å². The lowest BCUT2D eigenvalue weighted by atomic mass is 10.1. The van der Waals surface area contributed by atoms with Gasteiger partial charge in [-0.2, -0.15) is 4.31 Å². The number of benzene rings is 2. The Morgan fingerprint density at radius 3 is 2.70 bits per heavy atom. The van der Waals surface area contributed by atoms with Crippen LogP contribution in [0.25, 0.3) is 0 Å². The van der Waals surface area contributed by atoms with Gasteiger partial charge in [0, 0.05) is 36.7 Å². The summed E-state index contributed by atoms with van der Waals surface area (Å²) < 4.78 is 38.3. The summed E-state index contributed by atoms with van der Waals surface area (Å²) in [4.78, 5) is 13.0. The molecule has 0 radical (unpaired) electrons. The predicted octanol–water partition coefficient (Wildman–Crippen LogP) is 3.69. The summed E-state index contributed by atoms with van der Waals surface area (Å²) in [6.45, 7) is 7.89. The number of fused-ring (bicyclic) bond motifs is 1. The van der Waals surface area contributed by atoms with Crippen LogP contribution in [-0.2, 0) is 16.4 Å². The second-order valence-corrected chi connectivity index (χ2v) is 9.62. The van der Waals surface area contributed by atoms with Crippen LogP contribution in [0.15, 0.2) is 41.3 Å². The second kappa shape index (κ2) is 8.65. The molecule has 1 aliphatic rings. The molecular formula is C22H28N2O5S. The molecule has 1 heterocycles. The summed E-state index contributed by atoms with van der Waals surface area (Å²) in [6.07, 6.45) is 0.854. The maximum absolute atomic E-state index is 12.9. The first kappa shape index (κ1) is 22.1. The highest BCUT2D eigenvalue weighted by Gasteiger charge is 2.25. The lowest BCUT2D eigenvalue weighted by Crippen LogP contribution is -2.33. The van der Waals surface area contributed by atoms with E-state index in [1.54, 1.807) is 32.0 Å². The van der Waals surface area contributed by atoms with Gasteiger partial charge in [0.25, 0.3) is 5.91 Å². The van der Waals surface area contributed by atoms with Crippen molar-refractivity contribution in [3.05, 3.63) is 47.5 Å².